The molecule has 5 heteroatoms. The number of nitrogens with one attached hydrogen (secondary N) is 1. The molecule has 1 atom stereocenters. The Kier molecular flexibility index (Phi) is 6.62. The van der Waals surface area contributed by atoms with Crippen molar-refractivity contribution in [3.63, 3.8) is 0 Å². The van der Waals surface area contributed by atoms with Gasteiger partial charge < -0.3 is 16.0 Å². The molecule has 0 aromatic heterocycles. The molecule has 0 bridgehead atoms. The smallest absolute Gasteiger partial charge is 0.0995 e. The van der Waals surface area contributed by atoms with Gasteiger partial charge in [0, 0.05) is 23.3 Å². The molecular formula is C19H23ClN4. The average molecular weight is 343 g/mol. The van der Waals surface area contributed by atoms with E-state index in [-0.39, 0.29) is 6.04 Å². The van der Waals surface area contributed by atoms with Crippen LogP contribution in [0, 0.1) is 11.3 Å². The highest BCUT2D eigenvalue weighted by Gasteiger charge is 2.15. The number of hydrogen-bond acceptors (Lipinski definition) is 4. The zero-order valence-corrected chi connectivity index (χ0v) is 14.8. The number of rotatable bonds is 7. The Morgan fingerprint density at radius 3 is 2.50 bits per heavy atom. The van der Waals surface area contributed by atoms with E-state index in [9.17, 15) is 5.26 Å². The first-order chi connectivity index (χ1) is 11.5. The molecule has 0 heterocycles. The van der Waals surface area contributed by atoms with Gasteiger partial charge in [0.15, 0.2) is 0 Å². The summed E-state index contributed by atoms with van der Waals surface area (Å²) in [5.74, 6) is 0. The molecule has 0 radical (unpaired) electrons. The van der Waals surface area contributed by atoms with E-state index in [1.54, 1.807) is 0 Å². The third-order valence-corrected chi connectivity index (χ3v) is 4.28. The molecule has 1 unspecified atom stereocenters. The minimum atomic E-state index is 0.247. The summed E-state index contributed by atoms with van der Waals surface area (Å²) in [4.78, 5) is 2.16. The van der Waals surface area contributed by atoms with Crippen molar-refractivity contribution in [1.82, 2.24) is 4.90 Å². The Labute approximate surface area is 148 Å². The van der Waals surface area contributed by atoms with Gasteiger partial charge in [-0.3, -0.25) is 0 Å². The molecular weight excluding hydrogens is 320 g/mol. The fraction of sp³-hybridized carbons (Fsp3) is 0.316. The molecule has 24 heavy (non-hydrogen) atoms. The van der Waals surface area contributed by atoms with E-state index in [2.05, 4.69) is 22.4 Å². The van der Waals surface area contributed by atoms with Crippen LogP contribution in [-0.2, 0) is 6.54 Å². The van der Waals surface area contributed by atoms with Gasteiger partial charge in [0.1, 0.15) is 0 Å². The number of halogens is 1. The summed E-state index contributed by atoms with van der Waals surface area (Å²) in [6, 6.07) is 16.1. The zero-order valence-electron chi connectivity index (χ0n) is 14.1. The fourth-order valence-corrected chi connectivity index (χ4v) is 2.85. The van der Waals surface area contributed by atoms with Crippen molar-refractivity contribution in [2.75, 3.05) is 26.0 Å². The summed E-state index contributed by atoms with van der Waals surface area (Å²) in [7, 11) is 4.09. The molecule has 126 valence electrons. The second-order valence-electron chi connectivity index (χ2n) is 5.95. The van der Waals surface area contributed by atoms with Crippen molar-refractivity contribution in [2.45, 2.75) is 19.0 Å². The second-order valence-corrected chi connectivity index (χ2v) is 6.38. The SMILES string of the molecule is CN(C)C(CCN)c1ccc(C#N)c(CNc2ccc(Cl)cc2)c1. The summed E-state index contributed by atoms with van der Waals surface area (Å²) < 4.78 is 0. The number of hydrogen-bond donors (Lipinski definition) is 2. The van der Waals surface area contributed by atoms with Crippen LogP contribution < -0.4 is 11.1 Å². The summed E-state index contributed by atoms with van der Waals surface area (Å²) >= 11 is 5.91. The van der Waals surface area contributed by atoms with Crippen molar-refractivity contribution in [1.29, 1.82) is 5.26 Å². The van der Waals surface area contributed by atoms with Crippen molar-refractivity contribution < 1.29 is 0 Å². The average Bonchev–Trinajstić information content (AvgIpc) is 2.58. The molecule has 0 aliphatic heterocycles. The number of nitriles is 1. The highest BCUT2D eigenvalue weighted by Crippen LogP contribution is 2.24. The lowest BCUT2D eigenvalue weighted by atomic mass is 9.97. The Morgan fingerprint density at radius 2 is 1.92 bits per heavy atom. The second kappa shape index (κ2) is 8.70. The molecule has 0 aliphatic rings. The van der Waals surface area contributed by atoms with E-state index in [1.807, 2.05) is 50.5 Å². The van der Waals surface area contributed by atoms with Crippen LogP contribution in [0.3, 0.4) is 0 Å². The maximum absolute atomic E-state index is 9.37. The van der Waals surface area contributed by atoms with E-state index in [4.69, 9.17) is 17.3 Å². The van der Waals surface area contributed by atoms with Crippen molar-refractivity contribution in [3.8, 4) is 6.07 Å². The number of benzene rings is 2. The first-order valence-corrected chi connectivity index (χ1v) is 8.31. The van der Waals surface area contributed by atoms with Crippen molar-refractivity contribution in [3.05, 3.63) is 64.2 Å². The molecule has 0 fully saturated rings. The van der Waals surface area contributed by atoms with Crippen LogP contribution in [0.2, 0.25) is 5.02 Å². The van der Waals surface area contributed by atoms with Gasteiger partial charge in [0.25, 0.3) is 0 Å². The number of anilines is 1. The highest BCUT2D eigenvalue weighted by atomic mass is 35.5. The molecule has 2 aromatic carbocycles. The molecule has 0 saturated carbocycles. The first-order valence-electron chi connectivity index (χ1n) is 7.94. The van der Waals surface area contributed by atoms with Gasteiger partial charge in [-0.1, -0.05) is 23.7 Å². The lowest BCUT2D eigenvalue weighted by Crippen LogP contribution is -2.23. The van der Waals surface area contributed by atoms with Crippen LogP contribution in [0.1, 0.15) is 29.2 Å². The van der Waals surface area contributed by atoms with Crippen molar-refractivity contribution in [2.24, 2.45) is 5.73 Å². The van der Waals surface area contributed by atoms with Crippen LogP contribution in [0.4, 0.5) is 5.69 Å². The van der Waals surface area contributed by atoms with Crippen LogP contribution in [0.15, 0.2) is 42.5 Å². The van der Waals surface area contributed by atoms with Gasteiger partial charge in [-0.25, -0.2) is 0 Å². The molecule has 0 spiro atoms. The van der Waals surface area contributed by atoms with Gasteiger partial charge >= 0.3 is 0 Å². The standard InChI is InChI=1S/C19H23ClN4/c1-24(2)19(9-10-21)14-3-4-15(12-22)16(11-14)13-23-18-7-5-17(20)6-8-18/h3-8,11,19,23H,9-10,13,21H2,1-2H3. The Hall–Kier alpha value is -2.06. The molecule has 2 rings (SSSR count). The Balaban J connectivity index is 2.22. The van der Waals surface area contributed by atoms with E-state index >= 15 is 0 Å². The van der Waals surface area contributed by atoms with Crippen molar-refractivity contribution >= 4 is 17.3 Å². The van der Waals surface area contributed by atoms with Crippen LogP contribution in [0.5, 0.6) is 0 Å². The van der Waals surface area contributed by atoms with Gasteiger partial charge in [-0.05, 0) is 68.5 Å². The predicted octanol–water partition coefficient (Wildman–Crippen LogP) is 3.78. The quantitative estimate of drug-likeness (QED) is 0.803. The molecule has 0 amide bonds. The van der Waals surface area contributed by atoms with E-state index < -0.39 is 0 Å². The third kappa shape index (κ3) is 4.72. The molecule has 0 saturated heterocycles. The monoisotopic (exact) mass is 342 g/mol. The number of nitrogens with zero attached hydrogens (tertiary/aromatic N) is 2. The maximum atomic E-state index is 9.37. The summed E-state index contributed by atoms with van der Waals surface area (Å²) in [6.07, 6.45) is 0.878. The van der Waals surface area contributed by atoms with Crippen LogP contribution in [-0.4, -0.2) is 25.5 Å². The zero-order chi connectivity index (χ0) is 17.5. The van der Waals surface area contributed by atoms with E-state index in [1.165, 1.54) is 5.56 Å². The van der Waals surface area contributed by atoms with Gasteiger partial charge in [0.2, 0.25) is 0 Å². The molecule has 3 N–H and O–H groups in total. The lowest BCUT2D eigenvalue weighted by Gasteiger charge is -2.25. The third-order valence-electron chi connectivity index (χ3n) is 4.03. The predicted molar refractivity (Wildman–Crippen MR) is 100 cm³/mol. The van der Waals surface area contributed by atoms with Gasteiger partial charge in [-0.15, -0.1) is 0 Å². The normalized spacial score (nSPS) is 12.0. The molecule has 2 aromatic rings. The Morgan fingerprint density at radius 1 is 1.21 bits per heavy atom. The van der Waals surface area contributed by atoms with Gasteiger partial charge in [0.05, 0.1) is 11.6 Å². The van der Waals surface area contributed by atoms with E-state index in [0.717, 1.165) is 17.7 Å². The van der Waals surface area contributed by atoms with Gasteiger partial charge in [-0.2, -0.15) is 5.26 Å². The fourth-order valence-electron chi connectivity index (χ4n) is 2.72. The lowest BCUT2D eigenvalue weighted by molar-refractivity contribution is 0.287. The Bertz CT molecular complexity index is 704. The number of nitrogens with two attached hydrogens (primary N) is 1. The minimum absolute atomic E-state index is 0.247. The summed E-state index contributed by atoms with van der Waals surface area (Å²) in [5.41, 5.74) is 9.56. The van der Waals surface area contributed by atoms with E-state index in [0.29, 0.717) is 23.7 Å². The minimum Gasteiger partial charge on any atom is -0.381 e. The summed E-state index contributed by atoms with van der Waals surface area (Å²) in [6.45, 7) is 1.21. The van der Waals surface area contributed by atoms with Crippen LogP contribution in [0.25, 0.3) is 0 Å². The van der Waals surface area contributed by atoms with Crippen LogP contribution >= 0.6 is 11.6 Å². The topological polar surface area (TPSA) is 65.1 Å². The maximum Gasteiger partial charge on any atom is 0.0995 e. The largest absolute Gasteiger partial charge is 0.381 e. The summed E-state index contributed by atoms with van der Waals surface area (Å²) in [5, 5.41) is 13.4. The molecule has 4 nitrogen and oxygen atoms in total. The first kappa shape index (κ1) is 18.3. The highest BCUT2D eigenvalue weighted by molar-refractivity contribution is 6.30. The molecule has 0 aliphatic carbocycles.